The molecule has 136 valence electrons. The monoisotopic (exact) mass is 342 g/mol. The molecule has 0 aromatic rings. The summed E-state index contributed by atoms with van der Waals surface area (Å²) in [6.45, 7) is 3.86. The standard InChI is InChI=1S/C21H39ClO/c1-2-3-4-5-6-7-8-9-10-11-14-17-20-23-21-18-15-12-13-16-19-22/h12,18H,2-11,13-14,16-17,19-21H2,1H3. The van der Waals surface area contributed by atoms with Crippen LogP contribution in [0.5, 0.6) is 0 Å². The zero-order valence-electron chi connectivity index (χ0n) is 15.5. The Morgan fingerprint density at radius 3 is 1.87 bits per heavy atom. The fraction of sp³-hybridized carbons (Fsp3) is 0.857. The van der Waals surface area contributed by atoms with Crippen LogP contribution in [0, 0.1) is 0 Å². The Morgan fingerprint density at radius 2 is 1.30 bits per heavy atom. The molecule has 0 unspecified atom stereocenters. The molecule has 0 aliphatic carbocycles. The van der Waals surface area contributed by atoms with Gasteiger partial charge in [-0.25, -0.2) is 0 Å². The highest BCUT2D eigenvalue weighted by Crippen LogP contribution is 2.11. The summed E-state index contributed by atoms with van der Waals surface area (Å²) in [6.07, 6.45) is 22.7. The smallest absolute Gasteiger partial charge is 0.0721 e. The molecule has 0 radical (unpaired) electrons. The molecule has 0 amide bonds. The maximum atomic E-state index is 5.60. The molecule has 0 atom stereocenters. The van der Waals surface area contributed by atoms with E-state index in [4.69, 9.17) is 16.3 Å². The Morgan fingerprint density at radius 1 is 0.739 bits per heavy atom. The van der Waals surface area contributed by atoms with E-state index in [0.717, 1.165) is 25.3 Å². The summed E-state index contributed by atoms with van der Waals surface area (Å²) in [5.74, 6) is 0.730. The van der Waals surface area contributed by atoms with Gasteiger partial charge < -0.3 is 4.74 Å². The summed E-state index contributed by atoms with van der Waals surface area (Å²) < 4.78 is 5.57. The lowest BCUT2D eigenvalue weighted by Gasteiger charge is -2.03. The van der Waals surface area contributed by atoms with Gasteiger partial charge in [0.25, 0.3) is 0 Å². The van der Waals surface area contributed by atoms with Crippen molar-refractivity contribution in [2.75, 3.05) is 19.1 Å². The average molecular weight is 343 g/mol. The van der Waals surface area contributed by atoms with Gasteiger partial charge in [-0.3, -0.25) is 0 Å². The molecule has 0 fully saturated rings. The van der Waals surface area contributed by atoms with Crippen molar-refractivity contribution in [1.29, 1.82) is 0 Å². The number of alkyl halides is 1. The molecule has 2 heteroatoms. The van der Waals surface area contributed by atoms with Crippen molar-refractivity contribution in [3.63, 3.8) is 0 Å². The Hall–Kier alpha value is -0.230. The molecule has 0 aromatic heterocycles. The van der Waals surface area contributed by atoms with E-state index >= 15 is 0 Å². The number of unbranched alkanes of at least 4 members (excludes halogenated alkanes) is 12. The summed E-state index contributed by atoms with van der Waals surface area (Å²) in [5.41, 5.74) is 3.13. The highest BCUT2D eigenvalue weighted by Gasteiger charge is 1.93. The van der Waals surface area contributed by atoms with Crippen LogP contribution in [0.1, 0.15) is 96.8 Å². The van der Waals surface area contributed by atoms with Crippen molar-refractivity contribution in [3.8, 4) is 0 Å². The lowest BCUT2D eigenvalue weighted by molar-refractivity contribution is 0.157. The first-order valence-corrected chi connectivity index (χ1v) is 10.5. The molecule has 0 aliphatic heterocycles. The van der Waals surface area contributed by atoms with E-state index in [0.29, 0.717) is 6.61 Å². The van der Waals surface area contributed by atoms with E-state index in [1.807, 2.05) is 12.2 Å². The predicted octanol–water partition coefficient (Wildman–Crippen LogP) is 7.43. The topological polar surface area (TPSA) is 9.23 Å². The first-order valence-electron chi connectivity index (χ1n) is 9.95. The second-order valence-electron chi connectivity index (χ2n) is 6.37. The molecule has 0 rings (SSSR count). The maximum Gasteiger partial charge on any atom is 0.0721 e. The van der Waals surface area contributed by atoms with Gasteiger partial charge in [0, 0.05) is 12.5 Å². The third-order valence-electron chi connectivity index (χ3n) is 4.06. The normalized spacial score (nSPS) is 10.5. The summed E-state index contributed by atoms with van der Waals surface area (Å²) in [7, 11) is 0. The molecule has 0 bridgehead atoms. The van der Waals surface area contributed by atoms with Gasteiger partial charge in [-0.2, -0.15) is 0 Å². The van der Waals surface area contributed by atoms with E-state index < -0.39 is 0 Å². The van der Waals surface area contributed by atoms with Gasteiger partial charge in [-0.15, -0.1) is 17.3 Å². The molecule has 0 saturated carbocycles. The fourth-order valence-electron chi connectivity index (χ4n) is 2.58. The van der Waals surface area contributed by atoms with Crippen LogP contribution in [0.4, 0.5) is 0 Å². The Balaban J connectivity index is 3.06. The van der Waals surface area contributed by atoms with Crippen molar-refractivity contribution < 1.29 is 4.74 Å². The molecule has 0 saturated heterocycles. The quantitative estimate of drug-likeness (QED) is 0.143. The zero-order chi connectivity index (χ0) is 16.8. The molecule has 23 heavy (non-hydrogen) atoms. The minimum absolute atomic E-state index is 0.690. The van der Waals surface area contributed by atoms with Crippen molar-refractivity contribution >= 4 is 11.6 Å². The summed E-state index contributed by atoms with van der Waals surface area (Å²) in [4.78, 5) is 0. The van der Waals surface area contributed by atoms with Crippen LogP contribution in [0.2, 0.25) is 0 Å². The Kier molecular flexibility index (Phi) is 21.6. The van der Waals surface area contributed by atoms with Crippen LogP contribution < -0.4 is 0 Å². The second kappa shape index (κ2) is 21.8. The highest BCUT2D eigenvalue weighted by atomic mass is 35.5. The molecular formula is C21H39ClO. The molecule has 0 heterocycles. The van der Waals surface area contributed by atoms with Crippen LogP contribution in [-0.2, 0) is 4.74 Å². The zero-order valence-corrected chi connectivity index (χ0v) is 16.2. The van der Waals surface area contributed by atoms with Crippen molar-refractivity contribution in [1.82, 2.24) is 0 Å². The van der Waals surface area contributed by atoms with E-state index in [9.17, 15) is 0 Å². The average Bonchev–Trinajstić information content (AvgIpc) is 2.57. The number of halogens is 1. The molecule has 0 N–H and O–H groups in total. The van der Waals surface area contributed by atoms with Gasteiger partial charge in [-0.1, -0.05) is 77.6 Å². The number of hydrogen-bond donors (Lipinski definition) is 0. The van der Waals surface area contributed by atoms with Crippen molar-refractivity contribution in [3.05, 3.63) is 17.9 Å². The molecule has 0 aliphatic rings. The molecule has 0 spiro atoms. The number of rotatable bonds is 18. The van der Waals surface area contributed by atoms with Gasteiger partial charge in [0.1, 0.15) is 0 Å². The fourth-order valence-corrected chi connectivity index (χ4v) is 2.74. The van der Waals surface area contributed by atoms with Crippen LogP contribution in [-0.4, -0.2) is 19.1 Å². The van der Waals surface area contributed by atoms with E-state index in [2.05, 4.69) is 12.7 Å². The third kappa shape index (κ3) is 21.8. The Bertz CT molecular complexity index is 269. The number of ether oxygens (including phenoxy) is 1. The van der Waals surface area contributed by atoms with Gasteiger partial charge in [0.05, 0.1) is 6.61 Å². The first-order chi connectivity index (χ1) is 11.4. The first kappa shape index (κ1) is 22.8. The molecule has 0 aromatic carbocycles. The van der Waals surface area contributed by atoms with Crippen LogP contribution >= 0.6 is 11.6 Å². The molecule has 1 nitrogen and oxygen atoms in total. The maximum absolute atomic E-state index is 5.60. The van der Waals surface area contributed by atoms with Crippen molar-refractivity contribution in [2.45, 2.75) is 96.8 Å². The lowest BCUT2D eigenvalue weighted by Crippen LogP contribution is -1.94. The van der Waals surface area contributed by atoms with E-state index in [1.165, 1.54) is 77.0 Å². The van der Waals surface area contributed by atoms with Crippen LogP contribution in [0.15, 0.2) is 17.9 Å². The third-order valence-corrected chi connectivity index (χ3v) is 4.33. The van der Waals surface area contributed by atoms with Crippen LogP contribution in [0.25, 0.3) is 0 Å². The lowest BCUT2D eigenvalue weighted by atomic mass is 10.1. The minimum Gasteiger partial charge on any atom is -0.377 e. The SMILES string of the molecule is CCCCCCCCCCCCCCOCC=C=CCCCCl. The van der Waals surface area contributed by atoms with Gasteiger partial charge in [0.15, 0.2) is 0 Å². The Labute approximate surface area is 150 Å². The molecular weight excluding hydrogens is 304 g/mol. The van der Waals surface area contributed by atoms with Gasteiger partial charge in [-0.05, 0) is 31.4 Å². The summed E-state index contributed by atoms with van der Waals surface area (Å²) in [6, 6.07) is 0. The predicted molar refractivity (Wildman–Crippen MR) is 105 cm³/mol. The van der Waals surface area contributed by atoms with E-state index in [1.54, 1.807) is 0 Å². The summed E-state index contributed by atoms with van der Waals surface area (Å²) in [5, 5.41) is 0. The van der Waals surface area contributed by atoms with Crippen molar-refractivity contribution in [2.24, 2.45) is 0 Å². The highest BCUT2D eigenvalue weighted by molar-refractivity contribution is 6.17. The minimum atomic E-state index is 0.690. The number of hydrogen-bond acceptors (Lipinski definition) is 1. The van der Waals surface area contributed by atoms with Crippen LogP contribution in [0.3, 0.4) is 0 Å². The van der Waals surface area contributed by atoms with Gasteiger partial charge >= 0.3 is 0 Å². The van der Waals surface area contributed by atoms with E-state index in [-0.39, 0.29) is 0 Å². The largest absolute Gasteiger partial charge is 0.377 e. The second-order valence-corrected chi connectivity index (χ2v) is 6.75. The summed E-state index contributed by atoms with van der Waals surface area (Å²) >= 11 is 5.60. The van der Waals surface area contributed by atoms with Gasteiger partial charge in [0.2, 0.25) is 0 Å².